The topological polar surface area (TPSA) is 80.1 Å². The summed E-state index contributed by atoms with van der Waals surface area (Å²) in [7, 11) is 0. The van der Waals surface area contributed by atoms with Crippen molar-refractivity contribution in [2.45, 2.75) is 32.7 Å². The number of benzene rings is 2. The number of nitrogens with zero attached hydrogens (tertiary/aromatic N) is 3. The molecule has 0 spiro atoms. The molecule has 1 amide bonds. The van der Waals surface area contributed by atoms with E-state index in [9.17, 15) is 18.0 Å². The molecule has 1 aliphatic rings. The lowest BCUT2D eigenvalue weighted by molar-refractivity contribution is -0.137. The summed E-state index contributed by atoms with van der Waals surface area (Å²) in [4.78, 5) is 21.0. The van der Waals surface area contributed by atoms with Crippen LogP contribution in [0.4, 0.5) is 13.2 Å². The van der Waals surface area contributed by atoms with Crippen LogP contribution in [0.3, 0.4) is 0 Å². The summed E-state index contributed by atoms with van der Waals surface area (Å²) in [5, 5.41) is 2.85. The van der Waals surface area contributed by atoms with Crippen molar-refractivity contribution in [1.29, 1.82) is 0 Å². The van der Waals surface area contributed by atoms with E-state index in [-0.39, 0.29) is 24.7 Å². The van der Waals surface area contributed by atoms with Gasteiger partial charge in [0.05, 0.1) is 31.9 Å². The fourth-order valence-electron chi connectivity index (χ4n) is 4.31. The zero-order valence-corrected chi connectivity index (χ0v) is 21.9. The monoisotopic (exact) mass is 546 g/mol. The van der Waals surface area contributed by atoms with Crippen LogP contribution in [0.5, 0.6) is 5.75 Å². The highest BCUT2D eigenvalue weighted by atomic mass is 19.4. The quantitative estimate of drug-likeness (QED) is 0.362. The molecule has 210 valence electrons. The van der Waals surface area contributed by atoms with Gasteiger partial charge in [0.25, 0.3) is 5.91 Å². The van der Waals surface area contributed by atoms with E-state index in [1.54, 1.807) is 6.07 Å². The van der Waals surface area contributed by atoms with Crippen LogP contribution in [0.1, 0.15) is 40.0 Å². The third-order valence-corrected chi connectivity index (χ3v) is 6.26. The van der Waals surface area contributed by atoms with Crippen LogP contribution in [0.25, 0.3) is 0 Å². The summed E-state index contributed by atoms with van der Waals surface area (Å²) < 4.78 is 56.2. The van der Waals surface area contributed by atoms with Crippen LogP contribution in [0.15, 0.2) is 59.2 Å². The number of aromatic nitrogens is 1. The molecule has 1 aromatic heterocycles. The Bertz CT molecular complexity index is 1190. The van der Waals surface area contributed by atoms with Gasteiger partial charge in [0.1, 0.15) is 12.0 Å². The van der Waals surface area contributed by atoms with Gasteiger partial charge >= 0.3 is 6.18 Å². The third kappa shape index (κ3) is 8.81. The van der Waals surface area contributed by atoms with Crippen LogP contribution in [0, 0.1) is 0 Å². The predicted molar refractivity (Wildman–Crippen MR) is 138 cm³/mol. The number of alkyl halides is 3. The number of nitrogens with one attached hydrogen (secondary N) is 1. The van der Waals surface area contributed by atoms with Gasteiger partial charge in [-0.15, -0.1) is 0 Å². The van der Waals surface area contributed by atoms with Gasteiger partial charge in [0, 0.05) is 39.3 Å². The van der Waals surface area contributed by atoms with Crippen molar-refractivity contribution in [3.8, 4) is 5.75 Å². The average molecular weight is 547 g/mol. The van der Waals surface area contributed by atoms with Crippen LogP contribution < -0.4 is 10.1 Å². The van der Waals surface area contributed by atoms with Crippen molar-refractivity contribution < 1.29 is 31.9 Å². The number of amides is 1. The Morgan fingerprint density at radius 1 is 1.08 bits per heavy atom. The Labute approximate surface area is 225 Å². The number of carbonyl (C=O) groups is 1. The summed E-state index contributed by atoms with van der Waals surface area (Å²) in [6, 6.07) is 12.8. The van der Waals surface area contributed by atoms with E-state index in [0.29, 0.717) is 50.9 Å². The van der Waals surface area contributed by atoms with Gasteiger partial charge in [-0.3, -0.25) is 14.6 Å². The summed E-state index contributed by atoms with van der Waals surface area (Å²) >= 11 is 0. The van der Waals surface area contributed by atoms with Crippen molar-refractivity contribution in [2.24, 2.45) is 0 Å². The van der Waals surface area contributed by atoms with Gasteiger partial charge in [0.2, 0.25) is 5.89 Å². The summed E-state index contributed by atoms with van der Waals surface area (Å²) in [5.74, 6) is 0.697. The van der Waals surface area contributed by atoms with Crippen LogP contribution in [-0.2, 0) is 30.5 Å². The Kier molecular flexibility index (Phi) is 9.96. The number of rotatable bonds is 12. The standard InChI is InChI=1S/C28H33F3N4O4/c1-2-38-24-8-6-21(7-9-24)17-35(18-22-4-3-5-23(16-22)28(29,30)31)19-26-33-25(20-39-26)27(36)32-10-11-34-12-14-37-15-13-34/h3-9,16,20H,2,10-15,17-19H2,1H3,(H,32,36). The highest BCUT2D eigenvalue weighted by Crippen LogP contribution is 2.30. The van der Waals surface area contributed by atoms with Crippen molar-refractivity contribution >= 4 is 5.91 Å². The Hall–Kier alpha value is -3.41. The van der Waals surface area contributed by atoms with E-state index >= 15 is 0 Å². The van der Waals surface area contributed by atoms with Gasteiger partial charge in [-0.2, -0.15) is 13.2 Å². The summed E-state index contributed by atoms with van der Waals surface area (Å²) in [6.07, 6.45) is -3.12. The van der Waals surface area contributed by atoms with Gasteiger partial charge in [-0.25, -0.2) is 4.98 Å². The number of oxazole rings is 1. The number of ether oxygens (including phenoxy) is 2. The molecular formula is C28H33F3N4O4. The van der Waals surface area contributed by atoms with Crippen molar-refractivity contribution in [2.75, 3.05) is 46.0 Å². The molecule has 0 radical (unpaired) electrons. The molecule has 1 saturated heterocycles. The summed E-state index contributed by atoms with van der Waals surface area (Å²) in [6.45, 7) is 7.53. The first-order chi connectivity index (χ1) is 18.8. The van der Waals surface area contributed by atoms with Crippen molar-refractivity contribution in [1.82, 2.24) is 20.1 Å². The minimum absolute atomic E-state index is 0.159. The second-order valence-corrected chi connectivity index (χ2v) is 9.26. The molecule has 2 heterocycles. The van der Waals surface area contributed by atoms with Gasteiger partial charge in [-0.05, 0) is 36.2 Å². The number of morpholine rings is 1. The molecule has 2 aromatic carbocycles. The maximum atomic E-state index is 13.3. The van der Waals surface area contributed by atoms with Crippen molar-refractivity contribution in [3.63, 3.8) is 0 Å². The molecule has 0 aliphatic carbocycles. The lowest BCUT2D eigenvalue weighted by Gasteiger charge is -2.26. The van der Waals surface area contributed by atoms with Crippen LogP contribution in [-0.4, -0.2) is 66.7 Å². The first kappa shape index (κ1) is 28.6. The maximum absolute atomic E-state index is 13.3. The smallest absolute Gasteiger partial charge is 0.416 e. The minimum atomic E-state index is -4.43. The molecule has 0 atom stereocenters. The molecule has 1 N–H and O–H groups in total. The van der Waals surface area contributed by atoms with Crippen LogP contribution >= 0.6 is 0 Å². The molecule has 1 fully saturated rings. The molecule has 0 bridgehead atoms. The normalized spacial score (nSPS) is 14.5. The van der Waals surface area contributed by atoms with E-state index in [2.05, 4.69) is 15.2 Å². The number of hydrogen-bond donors (Lipinski definition) is 1. The highest BCUT2D eigenvalue weighted by molar-refractivity contribution is 5.91. The minimum Gasteiger partial charge on any atom is -0.494 e. The van der Waals surface area contributed by atoms with E-state index in [4.69, 9.17) is 13.9 Å². The van der Waals surface area contributed by atoms with E-state index in [1.165, 1.54) is 12.3 Å². The number of carbonyl (C=O) groups excluding carboxylic acids is 1. The molecule has 1 aliphatic heterocycles. The van der Waals surface area contributed by atoms with Gasteiger partial charge < -0.3 is 19.2 Å². The number of hydrogen-bond acceptors (Lipinski definition) is 7. The largest absolute Gasteiger partial charge is 0.494 e. The average Bonchev–Trinajstić information content (AvgIpc) is 3.39. The Balaban J connectivity index is 1.42. The van der Waals surface area contributed by atoms with Gasteiger partial charge in [-0.1, -0.05) is 30.3 Å². The molecule has 39 heavy (non-hydrogen) atoms. The summed E-state index contributed by atoms with van der Waals surface area (Å²) in [5.41, 5.74) is 0.904. The second-order valence-electron chi connectivity index (χ2n) is 9.26. The van der Waals surface area contributed by atoms with E-state index in [0.717, 1.165) is 36.5 Å². The Morgan fingerprint density at radius 3 is 2.54 bits per heavy atom. The zero-order chi connectivity index (χ0) is 27.7. The molecule has 0 unspecified atom stereocenters. The molecule has 11 heteroatoms. The lowest BCUT2D eigenvalue weighted by Crippen LogP contribution is -2.41. The number of halogens is 3. The lowest BCUT2D eigenvalue weighted by atomic mass is 10.1. The fraction of sp³-hybridized carbons (Fsp3) is 0.429. The van der Waals surface area contributed by atoms with E-state index in [1.807, 2.05) is 36.1 Å². The fourth-order valence-corrected chi connectivity index (χ4v) is 4.31. The molecule has 8 nitrogen and oxygen atoms in total. The third-order valence-electron chi connectivity index (χ3n) is 6.26. The molecule has 3 aromatic rings. The van der Waals surface area contributed by atoms with Crippen LogP contribution in [0.2, 0.25) is 0 Å². The first-order valence-electron chi connectivity index (χ1n) is 12.9. The first-order valence-corrected chi connectivity index (χ1v) is 12.9. The molecule has 4 rings (SSSR count). The predicted octanol–water partition coefficient (Wildman–Crippen LogP) is 4.36. The molecule has 0 saturated carbocycles. The SMILES string of the molecule is CCOc1ccc(CN(Cc2cccc(C(F)(F)F)c2)Cc2nc(C(=O)NCCN3CCOCC3)co2)cc1. The zero-order valence-electron chi connectivity index (χ0n) is 21.9. The van der Waals surface area contributed by atoms with E-state index < -0.39 is 11.7 Å². The van der Waals surface area contributed by atoms with Crippen molar-refractivity contribution in [3.05, 3.63) is 83.1 Å². The highest BCUT2D eigenvalue weighted by Gasteiger charge is 2.30. The molecular weight excluding hydrogens is 513 g/mol. The Morgan fingerprint density at radius 2 is 1.82 bits per heavy atom. The maximum Gasteiger partial charge on any atom is 0.416 e. The second kappa shape index (κ2) is 13.6. The van der Waals surface area contributed by atoms with Gasteiger partial charge in [0.15, 0.2) is 5.69 Å².